The molecular formula is C13H20N6O. The van der Waals surface area contributed by atoms with Crippen LogP contribution in [0.5, 0.6) is 0 Å². The number of amides is 1. The number of aromatic nitrogens is 4. The van der Waals surface area contributed by atoms with Gasteiger partial charge in [0.05, 0.1) is 5.69 Å². The summed E-state index contributed by atoms with van der Waals surface area (Å²) in [4.78, 5) is 12.3. The van der Waals surface area contributed by atoms with Gasteiger partial charge in [0.25, 0.3) is 5.91 Å². The quantitative estimate of drug-likeness (QED) is 0.849. The molecule has 7 nitrogen and oxygen atoms in total. The van der Waals surface area contributed by atoms with Gasteiger partial charge in [0.2, 0.25) is 0 Å². The fourth-order valence-corrected chi connectivity index (χ4v) is 2.03. The van der Waals surface area contributed by atoms with Crippen LogP contribution in [0.2, 0.25) is 0 Å². The third kappa shape index (κ3) is 2.72. The van der Waals surface area contributed by atoms with Crippen molar-refractivity contribution >= 4 is 11.7 Å². The van der Waals surface area contributed by atoms with E-state index in [4.69, 9.17) is 5.73 Å². The van der Waals surface area contributed by atoms with Crippen molar-refractivity contribution in [2.24, 2.45) is 12.8 Å². The van der Waals surface area contributed by atoms with E-state index in [1.54, 1.807) is 22.6 Å². The first kappa shape index (κ1) is 14.3. The predicted molar refractivity (Wildman–Crippen MR) is 76.3 cm³/mol. The van der Waals surface area contributed by atoms with Crippen LogP contribution in [0.1, 0.15) is 35.6 Å². The standard InChI is InChI=1S/C13H20N6O/c1-4-10-6-11(19(5-2)16-10)13(20)15-12-9(7-14)8-18(3)17-12/h6,8H,4-5,7,14H2,1-3H3,(H,15,17,20). The zero-order valence-corrected chi connectivity index (χ0v) is 12.1. The average molecular weight is 276 g/mol. The Morgan fingerprint density at radius 1 is 1.40 bits per heavy atom. The first-order valence-corrected chi connectivity index (χ1v) is 6.69. The Morgan fingerprint density at radius 3 is 2.75 bits per heavy atom. The minimum Gasteiger partial charge on any atom is -0.326 e. The molecule has 2 aromatic heterocycles. The largest absolute Gasteiger partial charge is 0.326 e. The van der Waals surface area contributed by atoms with Crippen molar-refractivity contribution < 1.29 is 4.79 Å². The topological polar surface area (TPSA) is 90.8 Å². The van der Waals surface area contributed by atoms with Crippen LogP contribution in [-0.2, 0) is 26.6 Å². The average Bonchev–Trinajstić information content (AvgIpc) is 3.01. The number of hydrogen-bond donors (Lipinski definition) is 2. The summed E-state index contributed by atoms with van der Waals surface area (Å²) in [7, 11) is 1.79. The SMILES string of the molecule is CCc1cc(C(=O)Nc2nn(C)cc2CN)n(CC)n1. The van der Waals surface area contributed by atoms with E-state index in [9.17, 15) is 4.79 Å². The predicted octanol–water partition coefficient (Wildman–Crippen LogP) is 0.910. The summed E-state index contributed by atoms with van der Waals surface area (Å²) in [6, 6.07) is 1.81. The lowest BCUT2D eigenvalue weighted by Crippen LogP contribution is -2.18. The van der Waals surface area contributed by atoms with E-state index in [2.05, 4.69) is 15.5 Å². The molecule has 0 bridgehead atoms. The number of rotatable bonds is 5. The number of carbonyl (C=O) groups excluding carboxylic acids is 1. The van der Waals surface area contributed by atoms with Gasteiger partial charge in [-0.15, -0.1) is 0 Å². The Kier molecular flexibility index (Phi) is 4.19. The van der Waals surface area contributed by atoms with Gasteiger partial charge in [-0.25, -0.2) is 0 Å². The van der Waals surface area contributed by atoms with Gasteiger partial charge < -0.3 is 11.1 Å². The number of aryl methyl sites for hydroxylation is 3. The number of nitrogens with two attached hydrogens (primary N) is 1. The van der Waals surface area contributed by atoms with Crippen molar-refractivity contribution in [2.75, 3.05) is 5.32 Å². The summed E-state index contributed by atoms with van der Waals surface area (Å²) in [5, 5.41) is 11.4. The Balaban J connectivity index is 2.25. The second-order valence-corrected chi connectivity index (χ2v) is 4.53. The molecule has 1 amide bonds. The van der Waals surface area contributed by atoms with Crippen molar-refractivity contribution in [2.45, 2.75) is 33.4 Å². The fraction of sp³-hybridized carbons (Fsp3) is 0.462. The molecule has 0 saturated carbocycles. The summed E-state index contributed by atoms with van der Waals surface area (Å²) in [5.41, 5.74) is 7.88. The molecule has 0 aliphatic carbocycles. The smallest absolute Gasteiger partial charge is 0.275 e. The summed E-state index contributed by atoms with van der Waals surface area (Å²) in [5.74, 6) is 0.286. The molecule has 2 heterocycles. The molecule has 0 saturated heterocycles. The minimum atomic E-state index is -0.215. The molecule has 2 rings (SSSR count). The van der Waals surface area contributed by atoms with Crippen LogP contribution in [0.25, 0.3) is 0 Å². The van der Waals surface area contributed by atoms with Gasteiger partial charge in [-0.2, -0.15) is 10.2 Å². The molecule has 0 radical (unpaired) electrons. The van der Waals surface area contributed by atoms with Gasteiger partial charge >= 0.3 is 0 Å². The number of carbonyl (C=O) groups is 1. The van der Waals surface area contributed by atoms with Gasteiger partial charge in [-0.1, -0.05) is 6.92 Å². The van der Waals surface area contributed by atoms with Gasteiger partial charge in [-0.05, 0) is 19.4 Å². The maximum Gasteiger partial charge on any atom is 0.275 e. The van der Waals surface area contributed by atoms with Crippen molar-refractivity contribution in [1.82, 2.24) is 19.6 Å². The lowest BCUT2D eigenvalue weighted by atomic mass is 10.3. The Morgan fingerprint density at radius 2 is 2.15 bits per heavy atom. The highest BCUT2D eigenvalue weighted by atomic mass is 16.2. The van der Waals surface area contributed by atoms with Crippen molar-refractivity contribution in [1.29, 1.82) is 0 Å². The van der Waals surface area contributed by atoms with E-state index < -0.39 is 0 Å². The molecule has 0 aliphatic heterocycles. The number of nitrogens with one attached hydrogen (secondary N) is 1. The van der Waals surface area contributed by atoms with Crippen LogP contribution >= 0.6 is 0 Å². The van der Waals surface area contributed by atoms with Crippen LogP contribution in [-0.4, -0.2) is 25.5 Å². The van der Waals surface area contributed by atoms with Crippen LogP contribution < -0.4 is 11.1 Å². The number of anilines is 1. The normalized spacial score (nSPS) is 10.8. The Bertz CT molecular complexity index is 612. The van der Waals surface area contributed by atoms with E-state index in [1.807, 2.05) is 19.9 Å². The molecule has 7 heteroatoms. The van der Waals surface area contributed by atoms with Crippen molar-refractivity contribution in [3.05, 3.63) is 29.2 Å². The number of nitrogens with zero attached hydrogens (tertiary/aromatic N) is 4. The molecule has 0 spiro atoms. The van der Waals surface area contributed by atoms with Crippen molar-refractivity contribution in [3.63, 3.8) is 0 Å². The van der Waals surface area contributed by atoms with Crippen LogP contribution in [0, 0.1) is 0 Å². The van der Waals surface area contributed by atoms with E-state index >= 15 is 0 Å². The second-order valence-electron chi connectivity index (χ2n) is 4.53. The molecule has 0 aliphatic rings. The zero-order chi connectivity index (χ0) is 14.7. The molecule has 3 N–H and O–H groups in total. The highest BCUT2D eigenvalue weighted by Crippen LogP contribution is 2.14. The van der Waals surface area contributed by atoms with Gasteiger partial charge in [0, 0.05) is 31.9 Å². The number of hydrogen-bond acceptors (Lipinski definition) is 4. The Labute approximate surface area is 117 Å². The van der Waals surface area contributed by atoms with Gasteiger partial charge in [-0.3, -0.25) is 14.2 Å². The van der Waals surface area contributed by atoms with Crippen LogP contribution in [0.3, 0.4) is 0 Å². The van der Waals surface area contributed by atoms with Gasteiger partial charge in [0.1, 0.15) is 5.69 Å². The van der Waals surface area contributed by atoms with Gasteiger partial charge in [0.15, 0.2) is 5.82 Å². The summed E-state index contributed by atoms with van der Waals surface area (Å²) in [6.45, 7) is 4.94. The second kappa shape index (κ2) is 5.87. The van der Waals surface area contributed by atoms with E-state index in [0.29, 0.717) is 24.6 Å². The lowest BCUT2D eigenvalue weighted by molar-refractivity contribution is 0.101. The molecule has 0 unspecified atom stereocenters. The third-order valence-electron chi connectivity index (χ3n) is 3.08. The van der Waals surface area contributed by atoms with E-state index in [0.717, 1.165) is 17.7 Å². The first-order chi connectivity index (χ1) is 9.58. The molecule has 0 aromatic carbocycles. The van der Waals surface area contributed by atoms with Crippen molar-refractivity contribution in [3.8, 4) is 0 Å². The minimum absolute atomic E-state index is 0.215. The highest BCUT2D eigenvalue weighted by molar-refractivity contribution is 6.03. The molecule has 0 fully saturated rings. The molecule has 0 atom stereocenters. The first-order valence-electron chi connectivity index (χ1n) is 6.69. The third-order valence-corrected chi connectivity index (χ3v) is 3.08. The van der Waals surface area contributed by atoms with Crippen LogP contribution in [0.15, 0.2) is 12.3 Å². The maximum atomic E-state index is 12.3. The highest BCUT2D eigenvalue weighted by Gasteiger charge is 2.16. The van der Waals surface area contributed by atoms with Crippen LogP contribution in [0.4, 0.5) is 5.82 Å². The van der Waals surface area contributed by atoms with E-state index in [-0.39, 0.29) is 5.91 Å². The lowest BCUT2D eigenvalue weighted by Gasteiger charge is -2.05. The molecular weight excluding hydrogens is 256 g/mol. The monoisotopic (exact) mass is 276 g/mol. The summed E-state index contributed by atoms with van der Waals surface area (Å²) < 4.78 is 3.33. The molecule has 20 heavy (non-hydrogen) atoms. The maximum absolute atomic E-state index is 12.3. The van der Waals surface area contributed by atoms with E-state index in [1.165, 1.54) is 0 Å². The summed E-state index contributed by atoms with van der Waals surface area (Å²) >= 11 is 0. The molecule has 2 aromatic rings. The summed E-state index contributed by atoms with van der Waals surface area (Å²) in [6.07, 6.45) is 2.59. The Hall–Kier alpha value is -2.15. The fourth-order valence-electron chi connectivity index (χ4n) is 2.03. The zero-order valence-electron chi connectivity index (χ0n) is 12.1. The molecule has 108 valence electrons.